The highest BCUT2D eigenvalue weighted by molar-refractivity contribution is 9.12. The molecule has 6 N–H and O–H groups in total. The molecule has 2 atom stereocenters. The van der Waals surface area contributed by atoms with Crippen molar-refractivity contribution in [2.24, 2.45) is 5.73 Å². The summed E-state index contributed by atoms with van der Waals surface area (Å²) in [5.41, 5.74) is 11.5. The largest absolute Gasteiger partial charge is 0.478 e. The van der Waals surface area contributed by atoms with Gasteiger partial charge in [-0.25, -0.2) is 28.8 Å². The molecule has 602 valence electrons. The van der Waals surface area contributed by atoms with Gasteiger partial charge in [-0.1, -0.05) is 19.7 Å². The number of aromatic carboxylic acids is 1. The summed E-state index contributed by atoms with van der Waals surface area (Å²) in [6.07, 6.45) is 7.98. The van der Waals surface area contributed by atoms with Crippen LogP contribution in [0.1, 0.15) is 89.7 Å². The number of methoxy groups -OCH3 is 5. The number of aldehydes is 1. The molecule has 2 unspecified atom stereocenters. The number of hydrogen-bond acceptors (Lipinski definition) is 30. The van der Waals surface area contributed by atoms with Crippen LogP contribution >= 0.6 is 202 Å². The molecule has 114 heavy (non-hydrogen) atoms. The number of carbonyl (C=O) groups excluding carboxylic acids is 9. The molecule has 0 saturated heterocycles. The first-order chi connectivity index (χ1) is 54.1. The molecule has 0 aliphatic carbocycles. The maximum atomic E-state index is 11.4. The second kappa shape index (κ2) is 50.8. The van der Waals surface area contributed by atoms with E-state index in [2.05, 4.69) is 186 Å². The van der Waals surface area contributed by atoms with Gasteiger partial charge in [0.05, 0.1) is 152 Å². The topological polar surface area (TPSA) is 368 Å². The highest BCUT2D eigenvalue weighted by Crippen LogP contribution is 2.36. The number of nitrogens with zero attached hydrogens (tertiary/aromatic N) is 4. The molecule has 12 heterocycles. The number of carboxylic acids is 1. The number of pyridine rings is 4. The summed E-state index contributed by atoms with van der Waals surface area (Å²) in [5.74, 6) is -3.95. The van der Waals surface area contributed by atoms with Crippen LogP contribution in [0.3, 0.4) is 0 Å². The minimum Gasteiger partial charge on any atom is -0.478 e. The van der Waals surface area contributed by atoms with E-state index >= 15 is 0 Å². The molecule has 0 spiro atoms. The van der Waals surface area contributed by atoms with E-state index in [1.165, 1.54) is 116 Å². The molecule has 25 nitrogen and oxygen atoms in total. The zero-order chi connectivity index (χ0) is 85.1. The molecule has 0 bridgehead atoms. The van der Waals surface area contributed by atoms with Gasteiger partial charge in [-0.15, -0.1) is 90.7 Å². The summed E-state index contributed by atoms with van der Waals surface area (Å²) in [4.78, 5) is 130. The van der Waals surface area contributed by atoms with E-state index < -0.39 is 42.1 Å². The number of hydrogen-bond donors (Lipinski definition) is 5. The van der Waals surface area contributed by atoms with Crippen LogP contribution in [0.5, 0.6) is 0 Å². The number of carbonyl (C=O) groups is 10. The van der Waals surface area contributed by atoms with Crippen molar-refractivity contribution in [2.75, 3.05) is 56.2 Å². The van der Waals surface area contributed by atoms with E-state index in [1.54, 1.807) is 109 Å². The molecular formula is C74H66Br7N7O18S8. The number of fused-ring (bicyclic) bond motifs is 4. The first-order valence-electron chi connectivity index (χ1n) is 31.4. The van der Waals surface area contributed by atoms with Crippen LogP contribution in [-0.4, -0.2) is 146 Å². The lowest BCUT2D eigenvalue weighted by Crippen LogP contribution is -2.17. The van der Waals surface area contributed by atoms with Crippen molar-refractivity contribution < 1.29 is 86.6 Å². The van der Waals surface area contributed by atoms with E-state index in [1.807, 2.05) is 61.5 Å². The molecule has 0 aliphatic heterocycles. The van der Waals surface area contributed by atoms with E-state index in [4.69, 9.17) is 15.6 Å². The van der Waals surface area contributed by atoms with Gasteiger partial charge in [-0.2, -0.15) is 0 Å². The van der Waals surface area contributed by atoms with E-state index in [9.17, 15) is 53.1 Å². The standard InChI is InChI=1S/C11H11BrO4S.C10H10N2OS.C9H7BrN2OS.C9H6BrNO2S.C9H10BrNO2S.C9H9BrO3S.C8H4BrNO2S.C5H3BrOS.C4H6O2/c1-6(11(14)15-3)10(16-7(2)13)8-4-5-9(12)17-8;1-6-3-8-9(14-6)4-7(5-12-8)10(13)11-2;1-11-9(13)5-2-7-6(12-4-5)3-8(10)14-7;1-13-9(12)5-2-7-6(11-4-5)3-8(10)14-7;1-13-9(12)6(5-11)4-7-2-3-8(10)14-7;1-5(9(12)13-2)8(11)6-3-4-7(10)14-6;9-7-2-5-6(13-7)1-4(3-10-5)8(11)12;6-5-2-1-4(3-7)8-5;1-3-4(5)6-2/h4-5,10H,1H2,2-3H3;3-5H,1-2H3,(H,11,13);2-4H,1H3,(H,11,13);2-4H,1H3;2-4H,5,11H2,1H3;3-4,8,11H,1H2,2H3;1-3H,(H,11,12);1-3H;3H,1H2,2H3/b;;;;6-4+;;;;. The predicted molar refractivity (Wildman–Crippen MR) is 478 cm³/mol. The van der Waals surface area contributed by atoms with Crippen LogP contribution in [0.4, 0.5) is 0 Å². The smallest absolute Gasteiger partial charge is 0.339 e. The number of aliphatic hydroxyl groups is 1. The average molecular weight is 2160 g/mol. The van der Waals surface area contributed by atoms with Crippen LogP contribution in [0.25, 0.3) is 46.9 Å². The lowest BCUT2D eigenvalue weighted by Gasteiger charge is -2.16. The first-order valence-corrected chi connectivity index (χ1v) is 43.5. The molecule has 40 heteroatoms. The number of rotatable bonds is 16. The zero-order valence-corrected chi connectivity index (χ0v) is 78.6. The maximum Gasteiger partial charge on any atom is 0.339 e. The van der Waals surface area contributed by atoms with Crippen LogP contribution in [0.15, 0.2) is 191 Å². The van der Waals surface area contributed by atoms with Gasteiger partial charge in [0.2, 0.25) is 0 Å². The Balaban J connectivity index is 0.000000273. The SMILES string of the molecule is C=C(C(=O)OC)C(O)c1ccc(Br)s1.C=C(C(=O)OC)C(OC(C)=O)c1ccc(Br)s1.C=CC(=O)OC.CNC(=O)c1cnc2cc(Br)sc2c1.CNC(=O)c1cnc2cc(C)sc2c1.COC(=O)/C(=C/c1ccc(Br)s1)CN.COC(=O)c1cnc2cc(Br)sc2c1.O=C(O)c1cnc2cc(Br)sc2c1.O=Cc1ccc(Br)s1. The van der Waals surface area contributed by atoms with Gasteiger partial charge >= 0.3 is 41.8 Å². The van der Waals surface area contributed by atoms with E-state index in [0.717, 1.165) is 89.5 Å². The van der Waals surface area contributed by atoms with Gasteiger partial charge in [0.1, 0.15) is 6.10 Å². The molecule has 0 radical (unpaired) electrons. The van der Waals surface area contributed by atoms with Crippen molar-refractivity contribution in [3.63, 3.8) is 0 Å². The number of nitrogens with one attached hydrogen (secondary N) is 2. The normalized spacial score (nSPS) is 10.7. The van der Waals surface area contributed by atoms with Gasteiger partial charge in [0.15, 0.2) is 12.4 Å². The van der Waals surface area contributed by atoms with Gasteiger partial charge in [-0.3, -0.25) is 39.1 Å². The maximum absolute atomic E-state index is 11.4. The number of nitrogens with two attached hydrogens (primary N) is 1. The highest BCUT2D eigenvalue weighted by Gasteiger charge is 2.26. The van der Waals surface area contributed by atoms with Crippen LogP contribution in [0.2, 0.25) is 0 Å². The Morgan fingerprint density at radius 1 is 0.500 bits per heavy atom. The molecular weight excluding hydrogens is 2090 g/mol. The summed E-state index contributed by atoms with van der Waals surface area (Å²) in [7, 11) is 9.74. The lowest BCUT2D eigenvalue weighted by molar-refractivity contribution is -0.147. The number of halogens is 7. The third kappa shape index (κ3) is 32.8. The van der Waals surface area contributed by atoms with Gasteiger partial charge < -0.3 is 55.0 Å². The number of esters is 6. The van der Waals surface area contributed by atoms with Gasteiger partial charge in [0.25, 0.3) is 11.8 Å². The van der Waals surface area contributed by atoms with Crippen LogP contribution < -0.4 is 16.4 Å². The van der Waals surface area contributed by atoms with Crippen molar-refractivity contribution in [2.45, 2.75) is 26.1 Å². The predicted octanol–water partition coefficient (Wildman–Crippen LogP) is 19.8. The van der Waals surface area contributed by atoms with Gasteiger partial charge in [0, 0.05) is 73.1 Å². The summed E-state index contributed by atoms with van der Waals surface area (Å²) < 4.78 is 38.1. The van der Waals surface area contributed by atoms with Gasteiger partial charge in [-0.05, 0) is 222 Å². The number of carboxylic acid groups (broad SMARTS) is 1. The van der Waals surface area contributed by atoms with Crippen molar-refractivity contribution >= 4 is 309 Å². The van der Waals surface area contributed by atoms with E-state index in [-0.39, 0.29) is 47.0 Å². The molecule has 12 aromatic heterocycles. The van der Waals surface area contributed by atoms with Crippen molar-refractivity contribution in [3.05, 3.63) is 238 Å². The Kier molecular flexibility index (Phi) is 44.0. The fourth-order valence-electron chi connectivity index (χ4n) is 8.03. The molecule has 0 aromatic carbocycles. The fraction of sp³-hybridized carbons (Fsp3) is 0.162. The first kappa shape index (κ1) is 98.7. The molecule has 0 saturated carbocycles. The molecule has 2 amide bonds. The third-order valence-corrected chi connectivity index (χ3v) is 25.5. The summed E-state index contributed by atoms with van der Waals surface area (Å²) in [6, 6.07) is 29.4. The second-order valence-corrected chi connectivity index (χ2v) is 39.8. The van der Waals surface area contributed by atoms with Crippen LogP contribution in [0, 0.1) is 6.92 Å². The number of aryl methyl sites for hydroxylation is 1. The number of amides is 2. The molecule has 12 rings (SSSR count). The Labute approximate surface area is 743 Å². The Hall–Kier alpha value is -7.62. The Bertz CT molecular complexity index is 5200. The fourth-order valence-corrected chi connectivity index (χ4v) is 19.1. The molecule has 0 aliphatic rings. The monoisotopic (exact) mass is 2150 g/mol. The van der Waals surface area contributed by atoms with E-state index in [0.29, 0.717) is 32.0 Å². The summed E-state index contributed by atoms with van der Waals surface area (Å²) >= 11 is 35.1. The van der Waals surface area contributed by atoms with Crippen molar-refractivity contribution in [1.82, 2.24) is 30.6 Å². The number of aromatic nitrogens is 4. The number of aliphatic hydroxyl groups excluding tert-OH is 1. The third-order valence-electron chi connectivity index (χ3n) is 13.4. The highest BCUT2D eigenvalue weighted by atomic mass is 79.9. The van der Waals surface area contributed by atoms with Crippen molar-refractivity contribution in [3.8, 4) is 0 Å². The number of thiophene rings is 8. The van der Waals surface area contributed by atoms with Crippen LogP contribution in [-0.2, 0) is 52.4 Å². The number of ether oxygens (including phenoxy) is 6. The lowest BCUT2D eigenvalue weighted by atomic mass is 10.1. The quantitative estimate of drug-likeness (QED) is 0.0260. The molecule has 0 fully saturated rings. The molecule has 12 aromatic rings. The zero-order valence-electron chi connectivity index (χ0n) is 61.0. The average Bonchev–Trinajstić information content (AvgIpc) is 1.68. The minimum absolute atomic E-state index is 0.0434. The Morgan fingerprint density at radius 2 is 0.895 bits per heavy atom. The second-order valence-electron chi connectivity index (χ2n) is 21.1. The van der Waals surface area contributed by atoms with Crippen molar-refractivity contribution in [1.29, 1.82) is 0 Å². The summed E-state index contributed by atoms with van der Waals surface area (Å²) in [5, 5.41) is 23.5. The Morgan fingerprint density at radius 3 is 1.25 bits per heavy atom. The minimum atomic E-state index is -0.987. The summed E-state index contributed by atoms with van der Waals surface area (Å²) in [6.45, 7) is 13.7.